The summed E-state index contributed by atoms with van der Waals surface area (Å²) in [5.41, 5.74) is 7.00. The van der Waals surface area contributed by atoms with Crippen LogP contribution in [0.25, 0.3) is 0 Å². The zero-order valence-electron chi connectivity index (χ0n) is 13.1. The second-order valence-electron chi connectivity index (χ2n) is 5.80. The van der Waals surface area contributed by atoms with Crippen LogP contribution in [0.4, 0.5) is 10.1 Å². The number of amides is 1. The minimum atomic E-state index is -4.05. The molecule has 1 aliphatic rings. The molecule has 0 aliphatic carbocycles. The fraction of sp³-hybridized carbons (Fsp3) is 0.235. The highest BCUT2D eigenvalue weighted by molar-refractivity contribution is 7.93. The van der Waals surface area contributed by atoms with Gasteiger partial charge in [-0.25, -0.2) is 12.8 Å². The van der Waals surface area contributed by atoms with Crippen LogP contribution in [0.3, 0.4) is 0 Å². The van der Waals surface area contributed by atoms with Crippen molar-refractivity contribution in [3.63, 3.8) is 0 Å². The summed E-state index contributed by atoms with van der Waals surface area (Å²) in [6.45, 7) is 1.52. The molecule has 1 amide bonds. The number of anilines is 1. The first-order chi connectivity index (χ1) is 11.3. The van der Waals surface area contributed by atoms with E-state index in [0.717, 1.165) is 22.0 Å². The number of halogens is 1. The molecule has 3 rings (SSSR count). The van der Waals surface area contributed by atoms with E-state index in [2.05, 4.69) is 0 Å². The van der Waals surface area contributed by atoms with Crippen molar-refractivity contribution in [2.45, 2.75) is 30.7 Å². The lowest BCUT2D eigenvalue weighted by molar-refractivity contribution is -0.119. The summed E-state index contributed by atoms with van der Waals surface area (Å²) in [6.07, 6.45) is 0.879. The average Bonchev–Trinajstić information content (AvgIpc) is 2.53. The molecule has 0 spiro atoms. The summed E-state index contributed by atoms with van der Waals surface area (Å²) < 4.78 is 40.8. The Kier molecular flexibility index (Phi) is 4.04. The number of rotatable bonds is 3. The second-order valence-corrected chi connectivity index (χ2v) is 7.58. The van der Waals surface area contributed by atoms with Crippen molar-refractivity contribution in [1.82, 2.24) is 0 Å². The van der Waals surface area contributed by atoms with E-state index in [1.54, 1.807) is 12.1 Å². The summed E-state index contributed by atoms with van der Waals surface area (Å²) in [6, 6.07) is 9.51. The highest BCUT2D eigenvalue weighted by atomic mass is 32.2. The van der Waals surface area contributed by atoms with E-state index in [4.69, 9.17) is 5.73 Å². The number of aryl methyl sites for hydroxylation is 2. The third kappa shape index (κ3) is 2.65. The molecular formula is C17H17FN2O3S. The fourth-order valence-electron chi connectivity index (χ4n) is 3.08. The minimum Gasteiger partial charge on any atom is -0.368 e. The number of carbonyl (C=O) groups excluding carboxylic acids is 1. The van der Waals surface area contributed by atoms with E-state index >= 15 is 0 Å². The summed E-state index contributed by atoms with van der Waals surface area (Å²) >= 11 is 0. The quantitative estimate of drug-likeness (QED) is 0.923. The number of sulfonamides is 1. The Hall–Kier alpha value is -2.41. The number of primary amides is 1. The average molecular weight is 348 g/mol. The Labute approximate surface area is 139 Å². The van der Waals surface area contributed by atoms with Gasteiger partial charge in [0.05, 0.1) is 10.6 Å². The van der Waals surface area contributed by atoms with Gasteiger partial charge in [0.2, 0.25) is 5.91 Å². The van der Waals surface area contributed by atoms with Gasteiger partial charge in [0.25, 0.3) is 10.0 Å². The van der Waals surface area contributed by atoms with Crippen molar-refractivity contribution in [2.75, 3.05) is 4.31 Å². The van der Waals surface area contributed by atoms with Crippen molar-refractivity contribution in [2.24, 2.45) is 5.73 Å². The van der Waals surface area contributed by atoms with Crippen molar-refractivity contribution in [3.05, 3.63) is 59.4 Å². The van der Waals surface area contributed by atoms with Gasteiger partial charge < -0.3 is 5.73 Å². The molecule has 0 fully saturated rings. The topological polar surface area (TPSA) is 80.5 Å². The first-order valence-electron chi connectivity index (χ1n) is 7.50. The lowest BCUT2D eigenvalue weighted by atomic mass is 9.98. The van der Waals surface area contributed by atoms with Crippen LogP contribution in [0.2, 0.25) is 0 Å². The van der Waals surface area contributed by atoms with E-state index in [1.165, 1.54) is 13.0 Å². The summed E-state index contributed by atoms with van der Waals surface area (Å²) in [7, 11) is -4.05. The molecule has 0 saturated carbocycles. The monoisotopic (exact) mass is 348 g/mol. The largest absolute Gasteiger partial charge is 0.368 e. The molecule has 126 valence electrons. The molecule has 0 saturated heterocycles. The number of fused-ring (bicyclic) bond motifs is 1. The molecular weight excluding hydrogens is 331 g/mol. The van der Waals surface area contributed by atoms with Crippen molar-refractivity contribution in [1.29, 1.82) is 0 Å². The number of hydrogen-bond donors (Lipinski definition) is 1. The van der Waals surface area contributed by atoms with Crippen LogP contribution in [-0.4, -0.2) is 20.4 Å². The number of hydrogen-bond acceptors (Lipinski definition) is 3. The molecule has 0 aromatic heterocycles. The maximum absolute atomic E-state index is 13.3. The van der Waals surface area contributed by atoms with Crippen LogP contribution in [0.5, 0.6) is 0 Å². The van der Waals surface area contributed by atoms with Crippen molar-refractivity contribution in [3.8, 4) is 0 Å². The molecule has 1 atom stereocenters. The normalized spacial score (nSPS) is 17.4. The van der Waals surface area contributed by atoms with Crippen molar-refractivity contribution < 1.29 is 17.6 Å². The molecule has 2 aromatic rings. The molecule has 2 N–H and O–H groups in total. The van der Waals surface area contributed by atoms with E-state index in [9.17, 15) is 17.6 Å². The number of para-hydroxylation sites is 1. The minimum absolute atomic E-state index is 0.0353. The Bertz CT molecular complexity index is 912. The Morgan fingerprint density at radius 2 is 1.96 bits per heavy atom. The smallest absolute Gasteiger partial charge is 0.265 e. The van der Waals surface area contributed by atoms with Crippen LogP contribution >= 0.6 is 0 Å². The Morgan fingerprint density at radius 1 is 1.25 bits per heavy atom. The standard InChI is InChI=1S/C17H17FN2O3S/c1-11-10-13(18)7-9-16(11)24(22,23)20-14-5-3-2-4-12(14)6-8-15(20)17(19)21/h2-5,7,9-10,15H,6,8H2,1H3,(H2,19,21)/t15-/m1/s1. The maximum atomic E-state index is 13.3. The van der Waals surface area contributed by atoms with Gasteiger partial charge >= 0.3 is 0 Å². The molecule has 0 bridgehead atoms. The number of nitrogens with two attached hydrogens (primary N) is 1. The van der Waals surface area contributed by atoms with Gasteiger partial charge in [-0.2, -0.15) is 0 Å². The lowest BCUT2D eigenvalue weighted by Crippen LogP contribution is -2.50. The van der Waals surface area contributed by atoms with Gasteiger partial charge in [-0.05, 0) is 55.2 Å². The highest BCUT2D eigenvalue weighted by Crippen LogP contribution is 2.36. The second kappa shape index (κ2) is 5.90. The molecule has 2 aromatic carbocycles. The molecule has 1 heterocycles. The first kappa shape index (κ1) is 16.4. The molecule has 24 heavy (non-hydrogen) atoms. The number of carbonyl (C=O) groups is 1. The zero-order valence-corrected chi connectivity index (χ0v) is 13.9. The van der Waals surface area contributed by atoms with Gasteiger partial charge in [-0.15, -0.1) is 0 Å². The zero-order chi connectivity index (χ0) is 17.5. The van der Waals surface area contributed by atoms with Gasteiger partial charge in [0.1, 0.15) is 11.9 Å². The lowest BCUT2D eigenvalue weighted by Gasteiger charge is -2.36. The third-order valence-electron chi connectivity index (χ3n) is 4.20. The van der Waals surface area contributed by atoms with E-state index < -0.39 is 27.8 Å². The third-order valence-corrected chi connectivity index (χ3v) is 6.18. The van der Waals surface area contributed by atoms with Crippen LogP contribution in [0, 0.1) is 12.7 Å². The van der Waals surface area contributed by atoms with E-state index in [0.29, 0.717) is 18.5 Å². The summed E-state index contributed by atoms with van der Waals surface area (Å²) in [5.74, 6) is -1.22. The van der Waals surface area contributed by atoms with Gasteiger partial charge in [0, 0.05) is 0 Å². The molecule has 1 aliphatic heterocycles. The van der Waals surface area contributed by atoms with Crippen LogP contribution < -0.4 is 10.0 Å². The van der Waals surface area contributed by atoms with E-state index in [-0.39, 0.29) is 10.5 Å². The van der Waals surface area contributed by atoms with Gasteiger partial charge in [-0.1, -0.05) is 18.2 Å². The Balaban J connectivity index is 2.21. The molecule has 0 radical (unpaired) electrons. The number of nitrogens with zero attached hydrogens (tertiary/aromatic N) is 1. The SMILES string of the molecule is Cc1cc(F)ccc1S(=O)(=O)N1c2ccccc2CC[C@@H]1C(N)=O. The molecule has 7 heteroatoms. The summed E-state index contributed by atoms with van der Waals surface area (Å²) in [5, 5.41) is 0. The van der Waals surface area contributed by atoms with E-state index in [1.807, 2.05) is 12.1 Å². The predicted octanol–water partition coefficient (Wildman–Crippen LogP) is 2.13. The fourth-order valence-corrected chi connectivity index (χ4v) is 4.98. The molecule has 0 unspecified atom stereocenters. The van der Waals surface area contributed by atoms with Crippen LogP contribution in [-0.2, 0) is 21.2 Å². The number of benzene rings is 2. The van der Waals surface area contributed by atoms with Crippen LogP contribution in [0.1, 0.15) is 17.5 Å². The van der Waals surface area contributed by atoms with Gasteiger partial charge in [0.15, 0.2) is 0 Å². The van der Waals surface area contributed by atoms with Gasteiger partial charge in [-0.3, -0.25) is 9.10 Å². The molecule has 5 nitrogen and oxygen atoms in total. The highest BCUT2D eigenvalue weighted by Gasteiger charge is 2.39. The summed E-state index contributed by atoms with van der Waals surface area (Å²) in [4.78, 5) is 11.8. The van der Waals surface area contributed by atoms with Crippen molar-refractivity contribution >= 4 is 21.6 Å². The first-order valence-corrected chi connectivity index (χ1v) is 8.94. The van der Waals surface area contributed by atoms with Crippen LogP contribution in [0.15, 0.2) is 47.4 Å². The Morgan fingerprint density at radius 3 is 2.62 bits per heavy atom. The predicted molar refractivity (Wildman–Crippen MR) is 88.5 cm³/mol. The maximum Gasteiger partial charge on any atom is 0.265 e.